The van der Waals surface area contributed by atoms with Crippen LogP contribution in [0.15, 0.2) is 44.8 Å². The molecule has 140 valence electrons. The van der Waals surface area contributed by atoms with Crippen LogP contribution in [0, 0.1) is 0 Å². The maximum absolute atomic E-state index is 14.5. The SMILES string of the molecule is CC12SC=CC1=C1C(=C3C=C(C(=O)[O-])SC32C)C(F)(F)C(F)(F)C1(F)F.[Na+]. The van der Waals surface area contributed by atoms with E-state index in [0.29, 0.717) is 11.8 Å². The van der Waals surface area contributed by atoms with Gasteiger partial charge in [0.05, 0.1) is 15.5 Å². The first kappa shape index (κ1) is 21.4. The zero-order chi connectivity index (χ0) is 19.5. The van der Waals surface area contributed by atoms with E-state index in [1.54, 1.807) is 0 Å². The summed E-state index contributed by atoms with van der Waals surface area (Å²) < 4.78 is 83.3. The summed E-state index contributed by atoms with van der Waals surface area (Å²) in [5, 5.41) is 12.6. The smallest absolute Gasteiger partial charge is 0.544 e. The molecule has 2 atom stereocenters. The summed E-state index contributed by atoms with van der Waals surface area (Å²) >= 11 is 1.66. The molecule has 0 saturated heterocycles. The van der Waals surface area contributed by atoms with E-state index >= 15 is 0 Å². The van der Waals surface area contributed by atoms with Crippen molar-refractivity contribution < 1.29 is 65.8 Å². The Morgan fingerprint density at radius 3 is 2.00 bits per heavy atom. The number of thioether (sulfide) groups is 2. The molecule has 2 nitrogen and oxygen atoms in total. The van der Waals surface area contributed by atoms with Gasteiger partial charge in [0.25, 0.3) is 0 Å². The molecule has 2 heterocycles. The van der Waals surface area contributed by atoms with E-state index in [0.717, 1.165) is 23.9 Å². The van der Waals surface area contributed by atoms with Crippen molar-refractivity contribution in [1.29, 1.82) is 0 Å². The van der Waals surface area contributed by atoms with Crippen molar-refractivity contribution in [2.45, 2.75) is 41.1 Å². The fourth-order valence-electron chi connectivity index (χ4n) is 3.92. The number of carboxylic acid groups (broad SMARTS) is 1. The van der Waals surface area contributed by atoms with E-state index in [-0.39, 0.29) is 35.1 Å². The maximum Gasteiger partial charge on any atom is 1.00 e. The number of carboxylic acids is 1. The summed E-state index contributed by atoms with van der Waals surface area (Å²) in [5.74, 6) is -17.5. The number of rotatable bonds is 1. The van der Waals surface area contributed by atoms with Crippen LogP contribution in [0.1, 0.15) is 13.8 Å². The Morgan fingerprint density at radius 2 is 1.48 bits per heavy atom. The number of hydrogen-bond acceptors (Lipinski definition) is 4. The van der Waals surface area contributed by atoms with Crippen LogP contribution < -0.4 is 34.7 Å². The molecule has 2 aliphatic carbocycles. The van der Waals surface area contributed by atoms with Crippen LogP contribution in [0.4, 0.5) is 26.3 Å². The van der Waals surface area contributed by atoms with Crippen LogP contribution in [0.3, 0.4) is 0 Å². The normalized spacial score (nSPS) is 36.8. The van der Waals surface area contributed by atoms with Crippen LogP contribution in [0.25, 0.3) is 0 Å². The molecule has 0 spiro atoms. The van der Waals surface area contributed by atoms with Crippen LogP contribution in [-0.4, -0.2) is 33.2 Å². The summed E-state index contributed by atoms with van der Waals surface area (Å²) in [5.41, 5.74) is -3.72. The summed E-state index contributed by atoms with van der Waals surface area (Å²) in [6.45, 7) is 2.86. The monoisotopic (exact) mass is 434 g/mol. The van der Waals surface area contributed by atoms with Crippen molar-refractivity contribution in [2.24, 2.45) is 0 Å². The number of carbonyl (C=O) groups is 1. The second-order valence-corrected chi connectivity index (χ2v) is 9.47. The van der Waals surface area contributed by atoms with Crippen molar-refractivity contribution in [1.82, 2.24) is 0 Å². The summed E-state index contributed by atoms with van der Waals surface area (Å²) in [4.78, 5) is 10.8. The van der Waals surface area contributed by atoms with E-state index in [1.807, 2.05) is 0 Å². The van der Waals surface area contributed by atoms with E-state index < -0.39 is 54.9 Å². The molecule has 0 bridgehead atoms. The molecule has 0 aromatic heterocycles. The van der Waals surface area contributed by atoms with Crippen molar-refractivity contribution >= 4 is 29.5 Å². The number of alkyl halides is 6. The first-order valence-corrected chi connectivity index (χ1v) is 9.04. The molecule has 11 heteroatoms. The van der Waals surface area contributed by atoms with Gasteiger partial charge in [0.2, 0.25) is 0 Å². The molecule has 0 amide bonds. The second-order valence-electron chi connectivity index (χ2n) is 6.69. The number of carbonyl (C=O) groups excluding carboxylic acids is 1. The van der Waals surface area contributed by atoms with Crippen molar-refractivity contribution in [3.05, 3.63) is 44.8 Å². The topological polar surface area (TPSA) is 40.1 Å². The second kappa shape index (κ2) is 5.65. The molecule has 0 radical (unpaired) electrons. The fourth-order valence-corrected chi connectivity index (χ4v) is 6.58. The standard InChI is InChI=1S/C16H10F6O2S2.Na/c1-12-6(3-4-25-12)9-10(15(19,20)16(21,22)14(9,17)18)7-5-8(11(23)24)26-13(7,12)2;/h3-5H,1-2H3,(H,23,24);/q;+1/p-1. The van der Waals surface area contributed by atoms with Gasteiger partial charge in [-0.2, -0.15) is 26.3 Å². The molecule has 4 aliphatic rings. The molecule has 0 N–H and O–H groups in total. The Balaban J connectivity index is 0.00000210. The van der Waals surface area contributed by atoms with E-state index in [2.05, 4.69) is 0 Å². The third-order valence-electron chi connectivity index (χ3n) is 5.47. The van der Waals surface area contributed by atoms with Gasteiger partial charge < -0.3 is 9.90 Å². The Labute approximate surface area is 180 Å². The van der Waals surface area contributed by atoms with Gasteiger partial charge in [-0.15, -0.1) is 23.5 Å². The molecule has 2 aliphatic heterocycles. The molecule has 2 unspecified atom stereocenters. The largest absolute Gasteiger partial charge is 1.00 e. The average Bonchev–Trinajstić information content (AvgIpc) is 3.09. The minimum Gasteiger partial charge on any atom is -0.544 e. The third-order valence-corrected chi connectivity index (χ3v) is 8.51. The fraction of sp³-hybridized carbons (Fsp3) is 0.438. The average molecular weight is 434 g/mol. The van der Waals surface area contributed by atoms with Crippen LogP contribution in [-0.2, 0) is 4.79 Å². The molecular formula is C16H9F6NaO2S2. The van der Waals surface area contributed by atoms with Gasteiger partial charge in [-0.1, -0.05) is 6.08 Å². The minimum absolute atomic E-state index is 0. The van der Waals surface area contributed by atoms with Crippen LogP contribution in [0.2, 0.25) is 0 Å². The molecule has 1 fully saturated rings. The Morgan fingerprint density at radius 1 is 0.963 bits per heavy atom. The predicted octanol–water partition coefficient (Wildman–Crippen LogP) is 0.675. The first-order chi connectivity index (χ1) is 11.7. The molecule has 1 saturated carbocycles. The zero-order valence-electron chi connectivity index (χ0n) is 14.1. The predicted molar refractivity (Wildman–Crippen MR) is 83.1 cm³/mol. The molecule has 27 heavy (non-hydrogen) atoms. The Hall–Kier alpha value is -0.290. The van der Waals surface area contributed by atoms with E-state index in [9.17, 15) is 36.2 Å². The van der Waals surface area contributed by atoms with Crippen LogP contribution >= 0.6 is 23.5 Å². The number of aliphatic carboxylic acids is 1. The molecule has 0 aromatic rings. The molecule has 0 aromatic carbocycles. The van der Waals surface area contributed by atoms with Gasteiger partial charge >= 0.3 is 47.3 Å². The zero-order valence-corrected chi connectivity index (χ0v) is 17.8. The minimum atomic E-state index is -5.62. The van der Waals surface area contributed by atoms with Crippen molar-refractivity contribution in [3.8, 4) is 0 Å². The van der Waals surface area contributed by atoms with Crippen LogP contribution in [0.5, 0.6) is 0 Å². The Bertz CT molecular complexity index is 907. The summed E-state index contributed by atoms with van der Waals surface area (Å²) in [6, 6.07) is 0. The number of halogens is 6. The van der Waals surface area contributed by atoms with Gasteiger partial charge in [0.1, 0.15) is 0 Å². The number of hydrogen-bond donors (Lipinski definition) is 0. The summed E-state index contributed by atoms with van der Waals surface area (Å²) in [7, 11) is 0. The maximum atomic E-state index is 14.5. The van der Waals surface area contributed by atoms with Crippen molar-refractivity contribution in [2.75, 3.05) is 0 Å². The van der Waals surface area contributed by atoms with Gasteiger partial charge in [-0.05, 0) is 36.5 Å². The first-order valence-electron chi connectivity index (χ1n) is 7.34. The Kier molecular flexibility index (Phi) is 4.48. The van der Waals surface area contributed by atoms with Gasteiger partial charge in [0, 0.05) is 16.1 Å². The quantitative estimate of drug-likeness (QED) is 0.450. The van der Waals surface area contributed by atoms with E-state index in [4.69, 9.17) is 0 Å². The van der Waals surface area contributed by atoms with Gasteiger partial charge in [-0.3, -0.25) is 0 Å². The van der Waals surface area contributed by atoms with Crippen molar-refractivity contribution in [3.63, 3.8) is 0 Å². The van der Waals surface area contributed by atoms with E-state index in [1.165, 1.54) is 19.3 Å². The molecular weight excluding hydrogens is 425 g/mol. The summed E-state index contributed by atoms with van der Waals surface area (Å²) in [6.07, 6.45) is 1.90. The number of fused-ring (bicyclic) bond motifs is 4. The van der Waals surface area contributed by atoms with Gasteiger partial charge in [-0.25, -0.2) is 0 Å². The van der Waals surface area contributed by atoms with Gasteiger partial charge in [0.15, 0.2) is 0 Å². The number of allylic oxidation sites excluding steroid dienone is 4. The third kappa shape index (κ3) is 2.11. The molecule has 4 rings (SSSR count).